The van der Waals surface area contributed by atoms with E-state index in [1.165, 1.54) is 108 Å². The summed E-state index contributed by atoms with van der Waals surface area (Å²) in [6.45, 7) is 0. The topological polar surface area (TPSA) is 17.8 Å². The maximum Gasteiger partial charge on any atom is 0.0730 e. The van der Waals surface area contributed by atoms with Gasteiger partial charge in [0.2, 0.25) is 0 Å². The Morgan fingerprint density at radius 1 is 0.230 bits per heavy atom. The molecule has 15 aromatic rings. The molecule has 0 fully saturated rings. The molecule has 0 aliphatic carbocycles. The van der Waals surface area contributed by atoms with Crippen LogP contribution in [0.25, 0.3) is 147 Å². The highest BCUT2D eigenvalue weighted by molar-refractivity contribution is 7.25. The van der Waals surface area contributed by atoms with Crippen molar-refractivity contribution in [3.63, 3.8) is 0 Å². The van der Waals surface area contributed by atoms with E-state index in [2.05, 4.69) is 271 Å². The van der Waals surface area contributed by atoms with Gasteiger partial charge in [-0.2, -0.15) is 0 Å². The van der Waals surface area contributed by atoms with Crippen molar-refractivity contribution in [2.45, 2.75) is 0 Å². The van der Waals surface area contributed by atoms with E-state index in [1.54, 1.807) is 0 Å². The van der Waals surface area contributed by atoms with Crippen molar-refractivity contribution in [1.29, 1.82) is 0 Å². The van der Waals surface area contributed by atoms with Crippen molar-refractivity contribution in [3.8, 4) is 72.7 Å². The van der Waals surface area contributed by atoms with Crippen LogP contribution in [0.3, 0.4) is 0 Å². The number of hydrogen-bond donors (Lipinski definition) is 0. The van der Waals surface area contributed by atoms with E-state index >= 15 is 0 Å². The Kier molecular flexibility index (Phi) is 9.79. The van der Waals surface area contributed by atoms with Crippen LogP contribution in [-0.4, -0.2) is 9.55 Å². The summed E-state index contributed by atoms with van der Waals surface area (Å²) in [6.07, 6.45) is 0. The third-order valence-electron chi connectivity index (χ3n) is 15.2. The maximum absolute atomic E-state index is 5.48. The largest absolute Gasteiger partial charge is 0.309 e. The summed E-state index contributed by atoms with van der Waals surface area (Å²) in [6, 6.07) is 98.0. The molecule has 0 N–H and O–H groups in total. The summed E-state index contributed by atoms with van der Waals surface area (Å²) >= 11 is 1.87. The van der Waals surface area contributed by atoms with Crippen LogP contribution in [0.4, 0.5) is 0 Å². The summed E-state index contributed by atoms with van der Waals surface area (Å²) in [5.41, 5.74) is 16.9. The highest BCUT2D eigenvalue weighted by Crippen LogP contribution is 2.44. The Balaban J connectivity index is 0.973. The van der Waals surface area contributed by atoms with E-state index in [1.807, 2.05) is 11.3 Å². The third kappa shape index (κ3) is 7.04. The minimum absolute atomic E-state index is 0.916. The zero-order valence-corrected chi connectivity index (χ0v) is 41.0. The first-order valence-electron chi connectivity index (χ1n) is 25.3. The van der Waals surface area contributed by atoms with Crippen LogP contribution < -0.4 is 0 Å². The van der Waals surface area contributed by atoms with Gasteiger partial charge in [-0.25, -0.2) is 4.98 Å². The number of hydrogen-bond acceptors (Lipinski definition) is 2. The quantitative estimate of drug-likeness (QED) is 0.146. The first-order valence-corrected chi connectivity index (χ1v) is 26.1. The summed E-state index contributed by atoms with van der Waals surface area (Å²) in [7, 11) is 0. The third-order valence-corrected chi connectivity index (χ3v) is 16.3. The summed E-state index contributed by atoms with van der Waals surface area (Å²) in [5, 5.41) is 12.5. The Hall–Kier alpha value is -9.41. The predicted octanol–water partition coefficient (Wildman–Crippen LogP) is 20.0. The fourth-order valence-electron chi connectivity index (χ4n) is 11.5. The molecule has 74 heavy (non-hydrogen) atoms. The van der Waals surface area contributed by atoms with Crippen LogP contribution in [0.5, 0.6) is 0 Å². The zero-order valence-electron chi connectivity index (χ0n) is 40.2. The van der Waals surface area contributed by atoms with Gasteiger partial charge in [0.1, 0.15) is 0 Å². The molecule has 0 saturated carbocycles. The van der Waals surface area contributed by atoms with E-state index in [0.717, 1.165) is 39.2 Å². The van der Waals surface area contributed by atoms with Crippen molar-refractivity contribution < 1.29 is 0 Å². The summed E-state index contributed by atoms with van der Waals surface area (Å²) < 4.78 is 5.12. The molecule has 0 radical (unpaired) electrons. The SMILES string of the molecule is c1ccc(-c2ccc(-c3cc(-n4c5ccc(-c6ccccc6)cc5c5cc6c7ccccc7c7cc(-c8ccc9c(c8)sc8ccccc89)ccc7c6cc54)cc(-c4ccc(-c5ccccc5)cc4)n3)cc2)cc1. The van der Waals surface area contributed by atoms with Crippen LogP contribution in [0.15, 0.2) is 267 Å². The fourth-order valence-corrected chi connectivity index (χ4v) is 12.7. The molecule has 0 aliphatic heterocycles. The molecule has 344 valence electrons. The first-order chi connectivity index (χ1) is 36.6. The molecule has 0 atom stereocenters. The van der Waals surface area contributed by atoms with Gasteiger partial charge in [-0.05, 0) is 131 Å². The number of thiophene rings is 1. The normalized spacial score (nSPS) is 11.8. The van der Waals surface area contributed by atoms with Crippen molar-refractivity contribution in [3.05, 3.63) is 267 Å². The number of aromatic nitrogens is 2. The van der Waals surface area contributed by atoms with Crippen LogP contribution in [0, 0.1) is 0 Å². The minimum Gasteiger partial charge on any atom is -0.309 e. The van der Waals surface area contributed by atoms with Gasteiger partial charge in [0, 0.05) is 42.1 Å². The minimum atomic E-state index is 0.916. The highest BCUT2D eigenvalue weighted by atomic mass is 32.1. The van der Waals surface area contributed by atoms with Gasteiger partial charge in [0.15, 0.2) is 0 Å². The molecule has 3 aromatic heterocycles. The van der Waals surface area contributed by atoms with E-state index in [-0.39, 0.29) is 0 Å². The van der Waals surface area contributed by atoms with E-state index in [4.69, 9.17) is 4.98 Å². The van der Waals surface area contributed by atoms with Crippen LogP contribution in [-0.2, 0) is 0 Å². The lowest BCUT2D eigenvalue weighted by Crippen LogP contribution is -1.98. The van der Waals surface area contributed by atoms with Crippen molar-refractivity contribution in [2.24, 2.45) is 0 Å². The van der Waals surface area contributed by atoms with Crippen molar-refractivity contribution >= 4 is 85.6 Å². The van der Waals surface area contributed by atoms with Gasteiger partial charge < -0.3 is 4.57 Å². The molecule has 0 unspecified atom stereocenters. The summed E-state index contributed by atoms with van der Waals surface area (Å²) in [4.78, 5) is 5.48. The molecule has 2 nitrogen and oxygen atoms in total. The highest BCUT2D eigenvalue weighted by Gasteiger charge is 2.20. The predicted molar refractivity (Wildman–Crippen MR) is 317 cm³/mol. The molecule has 12 aromatic carbocycles. The van der Waals surface area contributed by atoms with Gasteiger partial charge in [-0.15, -0.1) is 11.3 Å². The Bertz CT molecular complexity index is 4570. The second-order valence-electron chi connectivity index (χ2n) is 19.4. The molecular weight excluding hydrogens is 913 g/mol. The van der Waals surface area contributed by atoms with E-state index in [9.17, 15) is 0 Å². The van der Waals surface area contributed by atoms with Gasteiger partial charge in [-0.3, -0.25) is 0 Å². The number of pyridine rings is 1. The van der Waals surface area contributed by atoms with E-state index in [0.29, 0.717) is 0 Å². The zero-order chi connectivity index (χ0) is 48.7. The maximum atomic E-state index is 5.48. The van der Waals surface area contributed by atoms with E-state index < -0.39 is 0 Å². The molecule has 0 amide bonds. The fraction of sp³-hybridized carbons (Fsp3) is 0. The van der Waals surface area contributed by atoms with Gasteiger partial charge >= 0.3 is 0 Å². The smallest absolute Gasteiger partial charge is 0.0730 e. The lowest BCUT2D eigenvalue weighted by atomic mass is 9.91. The lowest BCUT2D eigenvalue weighted by molar-refractivity contribution is 1.16. The number of benzene rings is 12. The number of nitrogens with zero attached hydrogens (tertiary/aromatic N) is 2. The first kappa shape index (κ1) is 42.3. The molecule has 0 bridgehead atoms. The average Bonchev–Trinajstić information content (AvgIpc) is 4.02. The van der Waals surface area contributed by atoms with Crippen molar-refractivity contribution in [1.82, 2.24) is 9.55 Å². The second kappa shape index (κ2) is 17.1. The molecule has 3 heterocycles. The van der Waals surface area contributed by atoms with Crippen LogP contribution in [0.1, 0.15) is 0 Å². The van der Waals surface area contributed by atoms with Gasteiger partial charge in [-0.1, -0.05) is 212 Å². The molecule has 15 rings (SSSR count). The lowest BCUT2D eigenvalue weighted by Gasteiger charge is -2.15. The van der Waals surface area contributed by atoms with Crippen LogP contribution in [0.2, 0.25) is 0 Å². The Morgan fingerprint density at radius 3 is 1.24 bits per heavy atom. The van der Waals surface area contributed by atoms with Crippen molar-refractivity contribution in [2.75, 3.05) is 0 Å². The average molecular weight is 957 g/mol. The van der Waals surface area contributed by atoms with Crippen LogP contribution >= 0.6 is 11.3 Å². The Labute approximate surface area is 432 Å². The number of rotatable bonds is 7. The molecule has 3 heteroatoms. The second-order valence-corrected chi connectivity index (χ2v) is 20.5. The standard InChI is InChI=1S/C71H44N2S/c1-4-14-45(15-5-1)48-24-28-50(29-25-48)66-41-55(42-67(72-66)51-30-26-49(27-31-51)46-16-6-2-7-17-46)73-68-37-34-52(47-18-8-3-9-19-47)39-64(68)65-43-62-57-21-11-10-20-56(57)61-38-53(32-35-58(61)63(62)44-69(65)73)54-33-36-60-59-22-12-13-23-70(59)74-71(60)40-54/h1-44H. The molecule has 0 spiro atoms. The van der Waals surface area contributed by atoms with Gasteiger partial charge in [0.05, 0.1) is 28.1 Å². The summed E-state index contributed by atoms with van der Waals surface area (Å²) in [5.74, 6) is 0. The number of fused-ring (bicyclic) bond motifs is 12. The Morgan fingerprint density at radius 2 is 0.622 bits per heavy atom. The molecular formula is C71H44N2S. The monoisotopic (exact) mass is 956 g/mol. The molecule has 0 saturated heterocycles. The van der Waals surface area contributed by atoms with Gasteiger partial charge in [0.25, 0.3) is 0 Å². The molecule has 0 aliphatic rings.